The van der Waals surface area contributed by atoms with Crippen LogP contribution in [-0.4, -0.2) is 27.0 Å². The van der Waals surface area contributed by atoms with E-state index in [1.165, 1.54) is 16.9 Å². The van der Waals surface area contributed by atoms with Gasteiger partial charge in [0.1, 0.15) is 6.10 Å². The smallest absolute Gasteiger partial charge is 0.123 e. The molecule has 0 spiro atoms. The van der Waals surface area contributed by atoms with Crippen molar-refractivity contribution in [2.24, 2.45) is 0 Å². The van der Waals surface area contributed by atoms with Gasteiger partial charge < -0.3 is 10.1 Å². The Balaban J connectivity index is 1.95. The van der Waals surface area contributed by atoms with Crippen LogP contribution in [-0.2, 0) is 4.74 Å². The zero-order chi connectivity index (χ0) is 10.7. The molecule has 2 nitrogen and oxygen atoms in total. The molecule has 2 rings (SSSR count). The highest BCUT2D eigenvalue weighted by molar-refractivity contribution is 6.08. The number of nitrogens with one attached hydrogen (secondary N) is 1. The molecule has 1 heterocycles. The third-order valence-corrected chi connectivity index (χ3v) is 3.05. The molecule has 0 unspecified atom stereocenters. The Kier molecular flexibility index (Phi) is 3.52. The van der Waals surface area contributed by atoms with Crippen molar-refractivity contribution in [3.63, 3.8) is 0 Å². The molecule has 2 radical (unpaired) electrons. The summed E-state index contributed by atoms with van der Waals surface area (Å²) in [6, 6.07) is 0. The minimum atomic E-state index is 0.402. The Morgan fingerprint density at radius 3 is 2.80 bits per heavy atom. The molecular weight excluding hydrogens is 185 g/mol. The fraction of sp³-hybridized carbons (Fsp3) is 0.667. The molecule has 3 heteroatoms. The van der Waals surface area contributed by atoms with E-state index in [0.717, 1.165) is 38.7 Å². The predicted octanol–water partition coefficient (Wildman–Crippen LogP) is 1.95. The molecule has 1 aliphatic carbocycles. The summed E-state index contributed by atoms with van der Waals surface area (Å²) in [5.74, 6) is 1.18. The summed E-state index contributed by atoms with van der Waals surface area (Å²) in [5, 5.41) is 3.22. The fourth-order valence-electron chi connectivity index (χ4n) is 2.01. The van der Waals surface area contributed by atoms with Crippen LogP contribution in [0.3, 0.4) is 0 Å². The van der Waals surface area contributed by atoms with Crippen molar-refractivity contribution >= 4 is 7.85 Å². The summed E-state index contributed by atoms with van der Waals surface area (Å²) in [4.78, 5) is 0. The highest BCUT2D eigenvalue weighted by Crippen LogP contribution is 2.28. The van der Waals surface area contributed by atoms with E-state index in [1.807, 2.05) is 0 Å². The van der Waals surface area contributed by atoms with E-state index < -0.39 is 0 Å². The highest BCUT2D eigenvalue weighted by Gasteiger charge is 2.21. The Morgan fingerprint density at radius 2 is 2.27 bits per heavy atom. The van der Waals surface area contributed by atoms with Crippen LogP contribution in [0, 0.1) is 0 Å². The van der Waals surface area contributed by atoms with Crippen LogP contribution in [0.5, 0.6) is 0 Å². The van der Waals surface area contributed by atoms with Gasteiger partial charge in [0, 0.05) is 19.5 Å². The molecule has 0 aromatic rings. The lowest BCUT2D eigenvalue weighted by atomic mass is 9.90. The van der Waals surface area contributed by atoms with Gasteiger partial charge in [-0.3, -0.25) is 0 Å². The molecule has 0 amide bonds. The maximum absolute atomic E-state index is 5.91. The van der Waals surface area contributed by atoms with Crippen molar-refractivity contribution in [3.8, 4) is 0 Å². The molecule has 2 aliphatic rings. The first-order valence-electron chi connectivity index (χ1n) is 5.76. The molecule has 0 aromatic heterocycles. The van der Waals surface area contributed by atoms with Crippen molar-refractivity contribution in [2.75, 3.05) is 13.1 Å². The Bertz CT molecular complexity index is 292. The lowest BCUT2D eigenvalue weighted by Crippen LogP contribution is -2.48. The molecule has 0 atom stereocenters. The number of rotatable bonds is 4. The molecule has 1 fully saturated rings. The van der Waals surface area contributed by atoms with Gasteiger partial charge in [-0.05, 0) is 25.3 Å². The summed E-state index contributed by atoms with van der Waals surface area (Å²) in [5.41, 5.74) is 2.76. The second kappa shape index (κ2) is 4.89. The predicted molar refractivity (Wildman–Crippen MR) is 62.9 cm³/mol. The first-order chi connectivity index (χ1) is 7.29. The van der Waals surface area contributed by atoms with E-state index in [-0.39, 0.29) is 0 Å². The maximum atomic E-state index is 5.91. The van der Waals surface area contributed by atoms with Gasteiger partial charge in [-0.25, -0.2) is 0 Å². The largest absolute Gasteiger partial charge is 0.492 e. The average Bonchev–Trinajstić information content (AvgIpc) is 2.14. The lowest BCUT2D eigenvalue weighted by Gasteiger charge is -2.31. The van der Waals surface area contributed by atoms with Gasteiger partial charge in [-0.15, -0.1) is 0 Å². The monoisotopic (exact) mass is 203 g/mol. The molecule has 0 saturated carbocycles. The van der Waals surface area contributed by atoms with Crippen molar-refractivity contribution in [1.29, 1.82) is 0 Å². The van der Waals surface area contributed by atoms with Crippen molar-refractivity contribution in [1.82, 2.24) is 5.32 Å². The SMILES string of the molecule is [B]CCC1=CC(C)=C(OC2CNC2)CC1. The van der Waals surface area contributed by atoms with E-state index in [4.69, 9.17) is 12.6 Å². The first-order valence-corrected chi connectivity index (χ1v) is 5.76. The molecule has 80 valence electrons. The quantitative estimate of drug-likeness (QED) is 0.705. The summed E-state index contributed by atoms with van der Waals surface area (Å²) in [6.07, 6.45) is 6.59. The van der Waals surface area contributed by atoms with Gasteiger partial charge in [-0.1, -0.05) is 18.0 Å². The Hall–Kier alpha value is -0.695. The van der Waals surface area contributed by atoms with Crippen molar-refractivity contribution in [2.45, 2.75) is 38.6 Å². The van der Waals surface area contributed by atoms with Crippen LogP contribution < -0.4 is 5.32 Å². The van der Waals surface area contributed by atoms with Crippen LogP contribution in [0.2, 0.25) is 6.32 Å². The molecule has 0 aromatic carbocycles. The fourth-order valence-corrected chi connectivity index (χ4v) is 2.01. The molecule has 1 N–H and O–H groups in total. The second-order valence-electron chi connectivity index (χ2n) is 4.35. The van der Waals surface area contributed by atoms with E-state index in [2.05, 4.69) is 18.3 Å². The minimum absolute atomic E-state index is 0.402. The third kappa shape index (κ3) is 2.66. The van der Waals surface area contributed by atoms with Crippen LogP contribution in [0.25, 0.3) is 0 Å². The number of allylic oxidation sites excluding steroid dienone is 4. The first kappa shape index (κ1) is 10.8. The molecule has 15 heavy (non-hydrogen) atoms. The van der Waals surface area contributed by atoms with E-state index in [0.29, 0.717) is 6.10 Å². The third-order valence-electron chi connectivity index (χ3n) is 3.05. The van der Waals surface area contributed by atoms with Crippen LogP contribution >= 0.6 is 0 Å². The zero-order valence-corrected chi connectivity index (χ0v) is 9.38. The highest BCUT2D eigenvalue weighted by atomic mass is 16.5. The van der Waals surface area contributed by atoms with Gasteiger partial charge >= 0.3 is 0 Å². The van der Waals surface area contributed by atoms with Gasteiger partial charge in [0.2, 0.25) is 0 Å². The summed E-state index contributed by atoms with van der Waals surface area (Å²) < 4.78 is 5.91. The van der Waals surface area contributed by atoms with Crippen molar-refractivity contribution in [3.05, 3.63) is 23.0 Å². The number of hydrogen-bond donors (Lipinski definition) is 1. The average molecular weight is 203 g/mol. The maximum Gasteiger partial charge on any atom is 0.123 e. The standard InChI is InChI=1S/C12H18BNO/c1-9-6-10(4-5-13)2-3-12(9)15-11-7-14-8-11/h6,11,14H,2-5,7-8H2,1H3. The minimum Gasteiger partial charge on any atom is -0.492 e. The Labute approximate surface area is 93.2 Å². The van der Waals surface area contributed by atoms with Crippen LogP contribution in [0.15, 0.2) is 23.0 Å². The summed E-state index contributed by atoms with van der Waals surface area (Å²) >= 11 is 0. The van der Waals surface area contributed by atoms with E-state index in [9.17, 15) is 0 Å². The van der Waals surface area contributed by atoms with Gasteiger partial charge in [0.05, 0.1) is 13.6 Å². The van der Waals surface area contributed by atoms with E-state index in [1.54, 1.807) is 0 Å². The van der Waals surface area contributed by atoms with Crippen LogP contribution in [0.4, 0.5) is 0 Å². The molecule has 1 saturated heterocycles. The summed E-state index contributed by atoms with van der Waals surface area (Å²) in [6.45, 7) is 4.13. The molecule has 0 bridgehead atoms. The molecule has 1 aliphatic heterocycles. The van der Waals surface area contributed by atoms with E-state index >= 15 is 0 Å². The van der Waals surface area contributed by atoms with Gasteiger partial charge in [0.15, 0.2) is 0 Å². The lowest BCUT2D eigenvalue weighted by molar-refractivity contribution is 0.0641. The van der Waals surface area contributed by atoms with Crippen LogP contribution in [0.1, 0.15) is 26.2 Å². The number of hydrogen-bond acceptors (Lipinski definition) is 2. The van der Waals surface area contributed by atoms with Crippen molar-refractivity contribution < 1.29 is 4.74 Å². The van der Waals surface area contributed by atoms with Gasteiger partial charge in [-0.2, -0.15) is 0 Å². The topological polar surface area (TPSA) is 21.3 Å². The second-order valence-corrected chi connectivity index (χ2v) is 4.35. The van der Waals surface area contributed by atoms with Gasteiger partial charge in [0.25, 0.3) is 0 Å². The number of ether oxygens (including phenoxy) is 1. The normalized spacial score (nSPS) is 22.3. The summed E-state index contributed by atoms with van der Waals surface area (Å²) in [7, 11) is 5.55. The Morgan fingerprint density at radius 1 is 1.47 bits per heavy atom. The molecular formula is C12H18BNO. The zero-order valence-electron chi connectivity index (χ0n) is 9.38.